The molecule has 1 N–H and O–H groups in total. The molecular formula is C11H15FN4S2. The molecule has 0 aromatic carbocycles. The summed E-state index contributed by atoms with van der Waals surface area (Å²) in [4.78, 5) is 8.44. The Morgan fingerprint density at radius 2 is 2.17 bits per heavy atom. The number of halogens is 1. The summed E-state index contributed by atoms with van der Waals surface area (Å²) < 4.78 is 17.3. The van der Waals surface area contributed by atoms with Crippen molar-refractivity contribution in [3.63, 3.8) is 0 Å². The van der Waals surface area contributed by atoms with E-state index in [4.69, 9.17) is 0 Å². The largest absolute Gasteiger partial charge is 0.258 e. The Bertz CT molecular complexity index is 535. The quantitative estimate of drug-likeness (QED) is 0.873. The van der Waals surface area contributed by atoms with Gasteiger partial charge in [-0.15, -0.1) is 3.89 Å². The Hall–Kier alpha value is -0.790. The Balaban J connectivity index is 2.06. The zero-order valence-corrected chi connectivity index (χ0v) is 12.1. The molecule has 7 heteroatoms. The highest BCUT2D eigenvalue weighted by molar-refractivity contribution is 7.98. The number of fused-ring (bicyclic) bond motifs is 1. The topological polar surface area (TPSA) is 42.7 Å². The van der Waals surface area contributed by atoms with Gasteiger partial charge in [-0.2, -0.15) is 0 Å². The molecule has 98 valence electrons. The fraction of sp³-hybridized carbons (Fsp3) is 0.455. The van der Waals surface area contributed by atoms with Crippen molar-refractivity contribution in [1.82, 2.24) is 18.7 Å². The fourth-order valence-corrected chi connectivity index (χ4v) is 2.35. The molecule has 0 saturated heterocycles. The van der Waals surface area contributed by atoms with Crippen LogP contribution in [0.4, 0.5) is 3.89 Å². The molecule has 0 spiro atoms. The number of rotatable bonds is 4. The molecule has 18 heavy (non-hydrogen) atoms. The summed E-state index contributed by atoms with van der Waals surface area (Å²) in [5.74, 6) is 0. The Morgan fingerprint density at radius 3 is 2.83 bits per heavy atom. The maximum atomic E-state index is 12.5. The molecule has 0 unspecified atom stereocenters. The third kappa shape index (κ3) is 3.37. The highest BCUT2D eigenvalue weighted by Crippen LogP contribution is 2.21. The number of hydrogen-bond acceptors (Lipinski definition) is 5. The summed E-state index contributed by atoms with van der Waals surface area (Å²) >= 11 is 1.79. The number of nitrogens with one attached hydrogen (secondary N) is 1. The van der Waals surface area contributed by atoms with Crippen LogP contribution in [0.5, 0.6) is 0 Å². The molecule has 0 amide bonds. The van der Waals surface area contributed by atoms with Crippen LogP contribution < -0.4 is 4.72 Å². The summed E-state index contributed by atoms with van der Waals surface area (Å²) in [5.41, 5.74) is 2.16. The average Bonchev–Trinajstić information content (AvgIpc) is 2.69. The van der Waals surface area contributed by atoms with Gasteiger partial charge in [-0.1, -0.05) is 11.9 Å². The van der Waals surface area contributed by atoms with Gasteiger partial charge in [0.2, 0.25) is 0 Å². The monoisotopic (exact) mass is 286 g/mol. The van der Waals surface area contributed by atoms with Crippen molar-refractivity contribution in [2.24, 2.45) is 0 Å². The van der Waals surface area contributed by atoms with E-state index < -0.39 is 0 Å². The van der Waals surface area contributed by atoms with Gasteiger partial charge in [0, 0.05) is 11.3 Å². The van der Waals surface area contributed by atoms with Gasteiger partial charge in [-0.25, -0.2) is 13.9 Å². The molecule has 2 rings (SSSR count). The number of hydrogen-bond donors (Lipinski definition) is 1. The molecule has 0 aliphatic heterocycles. The summed E-state index contributed by atoms with van der Waals surface area (Å²) in [7, 11) is 0. The SMILES string of the molecule is CC(C)(C)SNCc1ccc2c(ncn2SF)n1. The third-order valence-electron chi connectivity index (χ3n) is 2.14. The second kappa shape index (κ2) is 5.46. The zero-order valence-electron chi connectivity index (χ0n) is 10.5. The molecule has 0 radical (unpaired) electrons. The van der Waals surface area contributed by atoms with Crippen LogP contribution in [-0.2, 0) is 6.54 Å². The molecule has 0 fully saturated rings. The minimum Gasteiger partial charge on any atom is -0.258 e. The average molecular weight is 286 g/mol. The van der Waals surface area contributed by atoms with E-state index in [1.54, 1.807) is 11.9 Å². The Kier molecular flexibility index (Phi) is 4.14. The predicted molar refractivity (Wildman–Crippen MR) is 75.8 cm³/mol. The number of pyridine rings is 1. The second-order valence-corrected chi connectivity index (χ2v) is 7.07. The van der Waals surface area contributed by atoms with Gasteiger partial charge >= 0.3 is 0 Å². The van der Waals surface area contributed by atoms with E-state index in [1.807, 2.05) is 12.1 Å². The number of nitrogens with zero attached hydrogens (tertiary/aromatic N) is 3. The molecule has 2 aromatic heterocycles. The van der Waals surface area contributed by atoms with Crippen LogP contribution >= 0.6 is 24.3 Å². The molecule has 0 bridgehead atoms. The first kappa shape index (κ1) is 13.6. The standard InChI is InChI=1S/C11H15FN4S2/c1-11(2,3)17-14-6-8-4-5-9-10(15-8)13-7-16(9)18-12/h4-5,7,14H,6H2,1-3H3. The van der Waals surface area contributed by atoms with Gasteiger partial charge in [0.05, 0.1) is 5.69 Å². The van der Waals surface area contributed by atoms with Gasteiger partial charge < -0.3 is 0 Å². The lowest BCUT2D eigenvalue weighted by Gasteiger charge is -2.17. The van der Waals surface area contributed by atoms with E-state index in [-0.39, 0.29) is 17.1 Å². The molecule has 4 nitrogen and oxygen atoms in total. The lowest BCUT2D eigenvalue weighted by Crippen LogP contribution is -2.17. The lowest BCUT2D eigenvalue weighted by molar-refractivity contribution is 0.785. The molecule has 0 aliphatic carbocycles. The van der Waals surface area contributed by atoms with E-state index in [0.717, 1.165) is 5.69 Å². The van der Waals surface area contributed by atoms with E-state index in [1.165, 1.54) is 10.3 Å². The molecule has 2 aromatic rings. The highest BCUT2D eigenvalue weighted by atomic mass is 32.2. The summed E-state index contributed by atoms with van der Waals surface area (Å²) in [6, 6.07) is 3.72. The van der Waals surface area contributed by atoms with Crippen molar-refractivity contribution >= 4 is 35.4 Å². The first-order valence-corrected chi connectivity index (χ1v) is 7.01. The van der Waals surface area contributed by atoms with Crippen molar-refractivity contribution < 1.29 is 3.89 Å². The maximum absolute atomic E-state index is 12.5. The van der Waals surface area contributed by atoms with Crippen molar-refractivity contribution in [3.05, 3.63) is 24.2 Å². The first-order valence-electron chi connectivity index (χ1n) is 5.52. The molecule has 0 atom stereocenters. The van der Waals surface area contributed by atoms with Gasteiger partial charge in [0.15, 0.2) is 18.0 Å². The highest BCUT2D eigenvalue weighted by Gasteiger charge is 2.11. The summed E-state index contributed by atoms with van der Waals surface area (Å²) in [6.07, 6.45) is 1.43. The van der Waals surface area contributed by atoms with Crippen LogP contribution in [0.15, 0.2) is 18.5 Å². The Labute approximate surface area is 114 Å². The van der Waals surface area contributed by atoms with Crippen molar-refractivity contribution in [2.45, 2.75) is 32.1 Å². The van der Waals surface area contributed by atoms with Crippen LogP contribution in [0.1, 0.15) is 26.5 Å². The van der Waals surface area contributed by atoms with Gasteiger partial charge in [0.1, 0.15) is 11.8 Å². The van der Waals surface area contributed by atoms with E-state index >= 15 is 0 Å². The van der Waals surface area contributed by atoms with Gasteiger partial charge in [-0.3, -0.25) is 4.72 Å². The first-order chi connectivity index (χ1) is 8.49. The Morgan fingerprint density at radius 1 is 1.39 bits per heavy atom. The van der Waals surface area contributed by atoms with Crippen LogP contribution in [0.25, 0.3) is 11.2 Å². The number of aromatic nitrogens is 3. The van der Waals surface area contributed by atoms with Crippen LogP contribution in [0, 0.1) is 0 Å². The van der Waals surface area contributed by atoms with Crippen LogP contribution in [0.2, 0.25) is 0 Å². The summed E-state index contributed by atoms with van der Waals surface area (Å²) in [6.45, 7) is 7.08. The normalized spacial score (nSPS) is 12.2. The minimum absolute atomic E-state index is 0.126. The number of imidazole rings is 1. The molecule has 0 saturated carbocycles. The molecule has 2 heterocycles. The van der Waals surface area contributed by atoms with Crippen molar-refractivity contribution in [3.8, 4) is 0 Å². The van der Waals surface area contributed by atoms with Crippen LogP contribution in [0.3, 0.4) is 0 Å². The van der Waals surface area contributed by atoms with E-state index in [0.29, 0.717) is 17.7 Å². The van der Waals surface area contributed by atoms with Gasteiger partial charge in [-0.05, 0) is 32.9 Å². The van der Waals surface area contributed by atoms with Gasteiger partial charge in [0.25, 0.3) is 0 Å². The lowest BCUT2D eigenvalue weighted by atomic mass is 10.3. The van der Waals surface area contributed by atoms with Crippen molar-refractivity contribution in [2.75, 3.05) is 0 Å². The maximum Gasteiger partial charge on any atom is 0.178 e. The second-order valence-electron chi connectivity index (χ2n) is 4.82. The minimum atomic E-state index is 0.126. The van der Waals surface area contributed by atoms with E-state index in [2.05, 4.69) is 35.5 Å². The van der Waals surface area contributed by atoms with Crippen LogP contribution in [-0.4, -0.2) is 18.7 Å². The third-order valence-corrected chi connectivity index (χ3v) is 3.48. The predicted octanol–water partition coefficient (Wildman–Crippen LogP) is 3.35. The summed E-state index contributed by atoms with van der Waals surface area (Å²) in [5, 5.41) is 0. The zero-order chi connectivity index (χ0) is 13.2. The fourth-order valence-electron chi connectivity index (χ4n) is 1.40. The molecule has 0 aliphatic rings. The van der Waals surface area contributed by atoms with Crippen molar-refractivity contribution in [1.29, 1.82) is 0 Å². The smallest absolute Gasteiger partial charge is 0.178 e. The molecular weight excluding hydrogens is 271 g/mol. The van der Waals surface area contributed by atoms with E-state index in [9.17, 15) is 3.89 Å².